The summed E-state index contributed by atoms with van der Waals surface area (Å²) in [7, 11) is 0. The maximum Gasteiger partial charge on any atom is 0.128 e. The van der Waals surface area contributed by atoms with Crippen molar-refractivity contribution in [3.05, 3.63) is 30.5 Å². The molecule has 1 aromatic rings. The third-order valence-electron chi connectivity index (χ3n) is 3.48. The first kappa shape index (κ1) is 12.1. The molecule has 1 aliphatic rings. The molecule has 0 amide bonds. The highest BCUT2D eigenvalue weighted by Gasteiger charge is 2.19. The van der Waals surface area contributed by atoms with Crippen LogP contribution in [0.2, 0.25) is 0 Å². The summed E-state index contributed by atoms with van der Waals surface area (Å²) in [5, 5.41) is 8.92. The van der Waals surface area contributed by atoms with Crippen LogP contribution in [0.25, 0.3) is 6.08 Å². The van der Waals surface area contributed by atoms with Gasteiger partial charge in [0.15, 0.2) is 0 Å². The number of aliphatic hydroxyl groups is 1. The summed E-state index contributed by atoms with van der Waals surface area (Å²) in [4.78, 5) is 6.77. The van der Waals surface area contributed by atoms with Gasteiger partial charge in [0, 0.05) is 25.9 Å². The van der Waals surface area contributed by atoms with Crippen LogP contribution in [0.15, 0.2) is 24.9 Å². The van der Waals surface area contributed by atoms with Crippen molar-refractivity contribution in [1.29, 1.82) is 0 Å². The highest BCUT2D eigenvalue weighted by molar-refractivity contribution is 5.49. The van der Waals surface area contributed by atoms with Crippen LogP contribution in [-0.2, 0) is 0 Å². The van der Waals surface area contributed by atoms with E-state index in [-0.39, 0.29) is 0 Å². The Morgan fingerprint density at radius 1 is 1.41 bits per heavy atom. The van der Waals surface area contributed by atoms with E-state index in [4.69, 9.17) is 5.11 Å². The monoisotopic (exact) mass is 232 g/mol. The molecule has 17 heavy (non-hydrogen) atoms. The van der Waals surface area contributed by atoms with Gasteiger partial charge in [-0.3, -0.25) is 0 Å². The van der Waals surface area contributed by atoms with E-state index in [0.29, 0.717) is 12.5 Å². The molecule has 0 spiro atoms. The van der Waals surface area contributed by atoms with E-state index in [9.17, 15) is 0 Å². The Labute approximate surface area is 103 Å². The number of anilines is 1. The second-order valence-electron chi connectivity index (χ2n) is 4.60. The van der Waals surface area contributed by atoms with Crippen molar-refractivity contribution in [3.8, 4) is 0 Å². The Morgan fingerprint density at radius 3 is 2.71 bits per heavy atom. The standard InChI is InChI=1S/C14H20N2O/c1-2-12-3-4-14(15-11-12)16-8-5-13(6-9-16)7-10-17/h2-4,11,13,17H,1,5-10H2. The van der Waals surface area contributed by atoms with Gasteiger partial charge >= 0.3 is 0 Å². The summed E-state index contributed by atoms with van der Waals surface area (Å²) in [5.74, 6) is 1.74. The quantitative estimate of drug-likeness (QED) is 0.865. The predicted molar refractivity (Wildman–Crippen MR) is 71.0 cm³/mol. The molecule has 2 heterocycles. The molecular formula is C14H20N2O. The minimum Gasteiger partial charge on any atom is -0.396 e. The Hall–Kier alpha value is -1.35. The Balaban J connectivity index is 1.93. The number of piperidine rings is 1. The van der Waals surface area contributed by atoms with E-state index in [2.05, 4.69) is 28.6 Å². The van der Waals surface area contributed by atoms with Crippen LogP contribution in [0.1, 0.15) is 24.8 Å². The third-order valence-corrected chi connectivity index (χ3v) is 3.48. The van der Waals surface area contributed by atoms with Gasteiger partial charge in [0.2, 0.25) is 0 Å². The molecule has 92 valence electrons. The van der Waals surface area contributed by atoms with Crippen molar-refractivity contribution in [2.45, 2.75) is 19.3 Å². The topological polar surface area (TPSA) is 36.4 Å². The zero-order chi connectivity index (χ0) is 12.1. The number of pyridine rings is 1. The maximum absolute atomic E-state index is 8.92. The highest BCUT2D eigenvalue weighted by atomic mass is 16.3. The van der Waals surface area contributed by atoms with Gasteiger partial charge in [-0.1, -0.05) is 12.7 Å². The average Bonchev–Trinajstić information content (AvgIpc) is 2.40. The van der Waals surface area contributed by atoms with Crippen molar-refractivity contribution < 1.29 is 5.11 Å². The molecule has 3 nitrogen and oxygen atoms in total. The summed E-state index contributed by atoms with van der Waals surface area (Å²) < 4.78 is 0. The summed E-state index contributed by atoms with van der Waals surface area (Å²) in [6, 6.07) is 4.11. The molecule has 1 aliphatic heterocycles. The summed E-state index contributed by atoms with van der Waals surface area (Å²) in [6.07, 6.45) is 6.93. The van der Waals surface area contributed by atoms with Crippen LogP contribution in [0.4, 0.5) is 5.82 Å². The SMILES string of the molecule is C=Cc1ccc(N2CCC(CCO)CC2)nc1. The fourth-order valence-corrected chi connectivity index (χ4v) is 2.34. The van der Waals surface area contributed by atoms with Crippen molar-refractivity contribution in [1.82, 2.24) is 4.98 Å². The van der Waals surface area contributed by atoms with Crippen LogP contribution in [0, 0.1) is 5.92 Å². The van der Waals surface area contributed by atoms with Gasteiger partial charge in [0.25, 0.3) is 0 Å². The number of nitrogens with zero attached hydrogens (tertiary/aromatic N) is 2. The van der Waals surface area contributed by atoms with Gasteiger partial charge in [0.1, 0.15) is 5.82 Å². The van der Waals surface area contributed by atoms with Crippen LogP contribution < -0.4 is 4.90 Å². The van der Waals surface area contributed by atoms with Gasteiger partial charge in [-0.2, -0.15) is 0 Å². The molecule has 0 radical (unpaired) electrons. The van der Waals surface area contributed by atoms with E-state index >= 15 is 0 Å². The lowest BCUT2D eigenvalue weighted by Crippen LogP contribution is -2.34. The predicted octanol–water partition coefficient (Wildman–Crippen LogP) is 2.32. The van der Waals surface area contributed by atoms with Crippen molar-refractivity contribution in [2.75, 3.05) is 24.6 Å². The van der Waals surface area contributed by atoms with Gasteiger partial charge in [-0.05, 0) is 42.9 Å². The number of rotatable bonds is 4. The van der Waals surface area contributed by atoms with E-state index in [1.165, 1.54) is 0 Å². The first-order chi connectivity index (χ1) is 8.33. The summed E-state index contributed by atoms with van der Waals surface area (Å²) in [5.41, 5.74) is 1.06. The average molecular weight is 232 g/mol. The second kappa shape index (κ2) is 5.82. The largest absolute Gasteiger partial charge is 0.396 e. The van der Waals surface area contributed by atoms with Crippen molar-refractivity contribution in [2.24, 2.45) is 5.92 Å². The molecule has 0 saturated carbocycles. The van der Waals surface area contributed by atoms with Crippen LogP contribution >= 0.6 is 0 Å². The summed E-state index contributed by atoms with van der Waals surface area (Å²) in [6.45, 7) is 6.14. The van der Waals surface area contributed by atoms with Crippen LogP contribution in [0.5, 0.6) is 0 Å². The minimum atomic E-state index is 0.316. The fourth-order valence-electron chi connectivity index (χ4n) is 2.34. The number of hydrogen-bond donors (Lipinski definition) is 1. The van der Waals surface area contributed by atoms with E-state index in [1.807, 2.05) is 12.3 Å². The van der Waals surface area contributed by atoms with E-state index < -0.39 is 0 Å². The fraction of sp³-hybridized carbons (Fsp3) is 0.500. The van der Waals surface area contributed by atoms with Gasteiger partial charge in [0.05, 0.1) is 0 Å². The second-order valence-corrected chi connectivity index (χ2v) is 4.60. The van der Waals surface area contributed by atoms with Crippen molar-refractivity contribution in [3.63, 3.8) is 0 Å². The zero-order valence-corrected chi connectivity index (χ0v) is 10.2. The molecule has 1 N–H and O–H groups in total. The molecule has 0 atom stereocenters. The first-order valence-electron chi connectivity index (χ1n) is 6.28. The molecule has 0 unspecified atom stereocenters. The number of aliphatic hydroxyl groups excluding tert-OH is 1. The minimum absolute atomic E-state index is 0.316. The van der Waals surface area contributed by atoms with Gasteiger partial charge in [-0.25, -0.2) is 4.98 Å². The number of hydrogen-bond acceptors (Lipinski definition) is 3. The molecule has 3 heteroatoms. The summed E-state index contributed by atoms with van der Waals surface area (Å²) >= 11 is 0. The Kier molecular flexibility index (Phi) is 4.15. The lowest BCUT2D eigenvalue weighted by atomic mass is 9.94. The Bertz CT molecular complexity index is 353. The molecule has 1 aromatic heterocycles. The third kappa shape index (κ3) is 3.07. The molecule has 1 fully saturated rings. The smallest absolute Gasteiger partial charge is 0.128 e. The van der Waals surface area contributed by atoms with Gasteiger partial charge < -0.3 is 10.0 Å². The molecule has 0 bridgehead atoms. The highest BCUT2D eigenvalue weighted by Crippen LogP contribution is 2.23. The van der Waals surface area contributed by atoms with E-state index in [0.717, 1.165) is 43.7 Å². The van der Waals surface area contributed by atoms with E-state index in [1.54, 1.807) is 0 Å². The number of aromatic nitrogens is 1. The molecule has 0 aromatic carbocycles. The molecule has 2 rings (SSSR count). The first-order valence-corrected chi connectivity index (χ1v) is 6.28. The lowest BCUT2D eigenvalue weighted by molar-refractivity contribution is 0.240. The molecular weight excluding hydrogens is 212 g/mol. The molecule has 0 aliphatic carbocycles. The van der Waals surface area contributed by atoms with Gasteiger partial charge in [-0.15, -0.1) is 0 Å². The normalized spacial score (nSPS) is 17.1. The zero-order valence-electron chi connectivity index (χ0n) is 10.2. The molecule has 1 saturated heterocycles. The van der Waals surface area contributed by atoms with Crippen LogP contribution in [0.3, 0.4) is 0 Å². The maximum atomic E-state index is 8.92. The van der Waals surface area contributed by atoms with Crippen molar-refractivity contribution >= 4 is 11.9 Å². The van der Waals surface area contributed by atoms with Crippen LogP contribution in [-0.4, -0.2) is 29.8 Å². The Morgan fingerprint density at radius 2 is 2.18 bits per heavy atom. The lowest BCUT2D eigenvalue weighted by Gasteiger charge is -2.32.